The van der Waals surface area contributed by atoms with Gasteiger partial charge in [0.05, 0.1) is 23.9 Å². The number of H-pyrrole nitrogens is 1. The first-order valence-corrected chi connectivity index (χ1v) is 11.0. The molecule has 1 aromatic heterocycles. The first-order valence-electron chi connectivity index (χ1n) is 10.7. The fraction of sp³-hybridized carbons (Fsp3) is 0.154. The van der Waals surface area contributed by atoms with Gasteiger partial charge in [-0.25, -0.2) is 4.79 Å². The van der Waals surface area contributed by atoms with Crippen LogP contribution in [0.4, 0.5) is 10.5 Å². The van der Waals surface area contributed by atoms with Crippen molar-refractivity contribution in [2.75, 3.05) is 11.9 Å². The summed E-state index contributed by atoms with van der Waals surface area (Å²) in [6.45, 7) is 2.92. The molecule has 4 aromatic rings. The van der Waals surface area contributed by atoms with Crippen LogP contribution in [0.5, 0.6) is 5.75 Å². The number of benzene rings is 3. The summed E-state index contributed by atoms with van der Waals surface area (Å²) in [5.41, 5.74) is 2.40. The van der Waals surface area contributed by atoms with E-state index in [1.54, 1.807) is 35.2 Å². The molecule has 1 heterocycles. The molecule has 0 bridgehead atoms. The molecule has 0 aliphatic carbocycles. The zero-order valence-electron chi connectivity index (χ0n) is 18.2. The monoisotopic (exact) mass is 461 g/mol. The maximum Gasteiger partial charge on any atom is 0.322 e. The van der Waals surface area contributed by atoms with Gasteiger partial charge in [-0.05, 0) is 48.9 Å². The fourth-order valence-electron chi connectivity index (χ4n) is 3.57. The van der Waals surface area contributed by atoms with E-state index in [1.807, 2.05) is 55.5 Å². The van der Waals surface area contributed by atoms with Gasteiger partial charge >= 0.3 is 6.03 Å². The summed E-state index contributed by atoms with van der Waals surface area (Å²) in [7, 11) is 0. The van der Waals surface area contributed by atoms with Crippen molar-refractivity contribution >= 4 is 34.2 Å². The third-order valence-electron chi connectivity index (χ3n) is 5.18. The molecule has 0 saturated heterocycles. The van der Waals surface area contributed by atoms with Crippen LogP contribution >= 0.6 is 11.6 Å². The number of carbonyl (C=O) groups excluding carboxylic acids is 1. The first kappa shape index (κ1) is 22.4. The third-order valence-corrected chi connectivity index (χ3v) is 5.51. The van der Waals surface area contributed by atoms with Gasteiger partial charge in [-0.15, -0.1) is 0 Å². The van der Waals surface area contributed by atoms with Crippen LogP contribution < -0.4 is 15.6 Å². The minimum Gasteiger partial charge on any atom is -0.494 e. The van der Waals surface area contributed by atoms with Crippen LogP contribution in [0.3, 0.4) is 0 Å². The van der Waals surface area contributed by atoms with Crippen LogP contribution in [0, 0.1) is 0 Å². The molecule has 33 heavy (non-hydrogen) atoms. The van der Waals surface area contributed by atoms with Gasteiger partial charge in [-0.1, -0.05) is 54.1 Å². The number of pyridine rings is 1. The molecule has 0 radical (unpaired) electrons. The van der Waals surface area contributed by atoms with Crippen molar-refractivity contribution < 1.29 is 9.53 Å². The normalized spacial score (nSPS) is 10.7. The molecule has 7 heteroatoms. The lowest BCUT2D eigenvalue weighted by Crippen LogP contribution is -2.35. The van der Waals surface area contributed by atoms with Crippen LogP contribution in [-0.4, -0.2) is 22.5 Å². The van der Waals surface area contributed by atoms with Crippen LogP contribution in [0.25, 0.3) is 10.9 Å². The number of halogens is 1. The first-order chi connectivity index (χ1) is 16.0. The Morgan fingerprint density at radius 2 is 1.76 bits per heavy atom. The third kappa shape index (κ3) is 5.54. The summed E-state index contributed by atoms with van der Waals surface area (Å²) in [5.74, 6) is 0.723. The van der Waals surface area contributed by atoms with Gasteiger partial charge < -0.3 is 19.9 Å². The van der Waals surface area contributed by atoms with Gasteiger partial charge in [0.25, 0.3) is 5.56 Å². The van der Waals surface area contributed by atoms with Crippen molar-refractivity contribution in [1.29, 1.82) is 0 Å². The van der Waals surface area contributed by atoms with Crippen molar-refractivity contribution in [1.82, 2.24) is 9.88 Å². The van der Waals surface area contributed by atoms with E-state index in [4.69, 9.17) is 16.3 Å². The van der Waals surface area contributed by atoms with Crippen LogP contribution in [-0.2, 0) is 13.1 Å². The molecule has 2 N–H and O–H groups in total. The van der Waals surface area contributed by atoms with Gasteiger partial charge in [0, 0.05) is 23.0 Å². The average Bonchev–Trinajstić information content (AvgIpc) is 2.81. The van der Waals surface area contributed by atoms with Gasteiger partial charge in [0.15, 0.2) is 0 Å². The summed E-state index contributed by atoms with van der Waals surface area (Å²) < 4.78 is 5.58. The summed E-state index contributed by atoms with van der Waals surface area (Å²) in [5, 5.41) is 4.13. The molecule has 0 aliphatic heterocycles. The number of nitrogens with zero attached hydrogens (tertiary/aromatic N) is 1. The minimum absolute atomic E-state index is 0.120. The van der Waals surface area contributed by atoms with E-state index in [-0.39, 0.29) is 18.1 Å². The number of anilines is 1. The molecule has 0 saturated carbocycles. The maximum atomic E-state index is 13.2. The largest absolute Gasteiger partial charge is 0.494 e. The van der Waals surface area contributed by atoms with E-state index in [9.17, 15) is 9.59 Å². The Labute approximate surface area is 196 Å². The van der Waals surface area contributed by atoms with E-state index in [0.717, 1.165) is 16.7 Å². The number of amides is 2. The highest BCUT2D eigenvalue weighted by atomic mass is 35.5. The Kier molecular flexibility index (Phi) is 6.95. The summed E-state index contributed by atoms with van der Waals surface area (Å²) in [4.78, 5) is 30.5. The van der Waals surface area contributed by atoms with Crippen LogP contribution in [0.15, 0.2) is 83.7 Å². The number of aromatic nitrogens is 1. The minimum atomic E-state index is -0.352. The number of urea groups is 1. The lowest BCUT2D eigenvalue weighted by molar-refractivity contribution is 0.206. The highest BCUT2D eigenvalue weighted by Crippen LogP contribution is 2.23. The summed E-state index contributed by atoms with van der Waals surface area (Å²) >= 11 is 6.22. The van der Waals surface area contributed by atoms with Crippen molar-refractivity contribution in [3.05, 3.63) is 105 Å². The fourth-order valence-corrected chi connectivity index (χ4v) is 3.75. The molecule has 0 unspecified atom stereocenters. The number of nitrogens with one attached hydrogen (secondary N) is 2. The topological polar surface area (TPSA) is 74.4 Å². The predicted molar refractivity (Wildman–Crippen MR) is 132 cm³/mol. The Morgan fingerprint density at radius 1 is 1.00 bits per heavy atom. The standard InChI is InChI=1S/C26H24ClN3O3/c1-2-33-21-12-13-23-19(15-21)14-20(25(31)28-23)17-30(16-18-8-4-3-5-9-18)26(32)29-24-11-7-6-10-22(24)27/h3-15H,2,16-17H2,1H3,(H,28,31)(H,29,32). The number of hydrogen-bond donors (Lipinski definition) is 2. The molecule has 6 nitrogen and oxygen atoms in total. The van der Waals surface area contributed by atoms with Crippen LogP contribution in [0.1, 0.15) is 18.1 Å². The molecule has 0 atom stereocenters. The number of rotatable bonds is 7. The zero-order chi connectivity index (χ0) is 23.2. The van der Waals surface area contributed by atoms with Crippen molar-refractivity contribution in [3.8, 4) is 5.75 Å². The predicted octanol–water partition coefficient (Wildman–Crippen LogP) is 5.81. The van der Waals surface area contributed by atoms with E-state index >= 15 is 0 Å². The van der Waals surface area contributed by atoms with E-state index < -0.39 is 0 Å². The quantitative estimate of drug-likeness (QED) is 0.364. The van der Waals surface area contributed by atoms with Crippen molar-refractivity contribution in [2.45, 2.75) is 20.0 Å². The SMILES string of the molecule is CCOc1ccc2[nH]c(=O)c(CN(Cc3ccccc3)C(=O)Nc3ccccc3Cl)cc2c1. The van der Waals surface area contributed by atoms with Crippen molar-refractivity contribution in [2.24, 2.45) is 0 Å². The van der Waals surface area contributed by atoms with Gasteiger partial charge in [0.2, 0.25) is 0 Å². The number of para-hydroxylation sites is 1. The number of hydrogen-bond acceptors (Lipinski definition) is 3. The molecular weight excluding hydrogens is 438 g/mol. The molecular formula is C26H24ClN3O3. The number of aromatic amines is 1. The Balaban J connectivity index is 1.66. The Hall–Kier alpha value is -3.77. The van der Waals surface area contributed by atoms with E-state index in [1.165, 1.54) is 0 Å². The molecule has 3 aromatic carbocycles. The van der Waals surface area contributed by atoms with Crippen LogP contribution in [0.2, 0.25) is 5.02 Å². The average molecular weight is 462 g/mol. The zero-order valence-corrected chi connectivity index (χ0v) is 18.9. The van der Waals surface area contributed by atoms with E-state index in [2.05, 4.69) is 10.3 Å². The Morgan fingerprint density at radius 3 is 2.52 bits per heavy atom. The molecule has 2 amide bonds. The molecule has 168 valence electrons. The summed E-state index contributed by atoms with van der Waals surface area (Å²) in [6, 6.07) is 23.6. The van der Waals surface area contributed by atoms with Gasteiger partial charge in [0.1, 0.15) is 5.75 Å². The van der Waals surface area contributed by atoms with Crippen molar-refractivity contribution in [3.63, 3.8) is 0 Å². The maximum absolute atomic E-state index is 13.2. The molecule has 4 rings (SSSR count). The molecule has 0 spiro atoms. The van der Waals surface area contributed by atoms with Gasteiger partial charge in [-0.2, -0.15) is 0 Å². The molecule has 0 aliphatic rings. The summed E-state index contributed by atoms with van der Waals surface area (Å²) in [6.07, 6.45) is 0. The Bertz CT molecular complexity index is 1320. The number of ether oxygens (including phenoxy) is 1. The number of fused-ring (bicyclic) bond motifs is 1. The smallest absolute Gasteiger partial charge is 0.322 e. The lowest BCUT2D eigenvalue weighted by Gasteiger charge is -2.23. The highest BCUT2D eigenvalue weighted by Gasteiger charge is 2.18. The second-order valence-electron chi connectivity index (χ2n) is 7.56. The number of carbonyl (C=O) groups is 1. The second-order valence-corrected chi connectivity index (χ2v) is 7.96. The second kappa shape index (κ2) is 10.2. The molecule has 0 fully saturated rings. The highest BCUT2D eigenvalue weighted by molar-refractivity contribution is 6.33. The lowest BCUT2D eigenvalue weighted by atomic mass is 10.1. The van der Waals surface area contributed by atoms with Gasteiger partial charge in [-0.3, -0.25) is 4.79 Å². The van der Waals surface area contributed by atoms with E-state index in [0.29, 0.717) is 34.9 Å².